The Kier molecular flexibility index (Phi) is 4.61. The number of anilines is 2. The first-order valence-corrected chi connectivity index (χ1v) is 8.91. The van der Waals surface area contributed by atoms with Gasteiger partial charge in [0.25, 0.3) is 5.91 Å². The minimum absolute atomic E-state index is 0.00396. The molecule has 0 aliphatic heterocycles. The van der Waals surface area contributed by atoms with Gasteiger partial charge in [-0.2, -0.15) is 0 Å². The van der Waals surface area contributed by atoms with E-state index in [2.05, 4.69) is 10.3 Å². The summed E-state index contributed by atoms with van der Waals surface area (Å²) in [5, 5.41) is 4.11. The highest BCUT2D eigenvalue weighted by molar-refractivity contribution is 7.29. The average Bonchev–Trinajstić information content (AvgIpc) is 3.12. The molecule has 0 saturated heterocycles. The van der Waals surface area contributed by atoms with Gasteiger partial charge < -0.3 is 16.0 Å². The molecule has 0 fully saturated rings. The molecule has 0 aliphatic carbocycles. The fourth-order valence-electron chi connectivity index (χ4n) is 2.07. The van der Waals surface area contributed by atoms with Crippen LogP contribution in [-0.4, -0.2) is 35.4 Å². The minimum atomic E-state index is -0.00396. The standard InChI is InChI=1S/C16H18N4OS2/c1-10(9-17)20(2)15(21)13-8-12-14(22-13)19-16(23-12)18-11-6-4-3-5-7-11/h3-8,10H,9,17H2,1-2H3,(H,18,19). The Morgan fingerprint density at radius 1 is 1.35 bits per heavy atom. The van der Waals surface area contributed by atoms with E-state index in [-0.39, 0.29) is 11.9 Å². The summed E-state index contributed by atoms with van der Waals surface area (Å²) < 4.78 is 1.02. The van der Waals surface area contributed by atoms with Gasteiger partial charge in [-0.3, -0.25) is 4.79 Å². The van der Waals surface area contributed by atoms with E-state index in [1.54, 1.807) is 23.3 Å². The van der Waals surface area contributed by atoms with E-state index in [1.165, 1.54) is 11.3 Å². The van der Waals surface area contributed by atoms with Crippen LogP contribution in [0.3, 0.4) is 0 Å². The first-order chi connectivity index (χ1) is 11.1. The van der Waals surface area contributed by atoms with Crippen molar-refractivity contribution < 1.29 is 4.79 Å². The Labute approximate surface area is 142 Å². The monoisotopic (exact) mass is 346 g/mol. The zero-order chi connectivity index (χ0) is 16.4. The second-order valence-corrected chi connectivity index (χ2v) is 7.35. The summed E-state index contributed by atoms with van der Waals surface area (Å²) >= 11 is 2.97. The van der Waals surface area contributed by atoms with Crippen LogP contribution in [0.15, 0.2) is 36.4 Å². The number of nitrogens with two attached hydrogens (primary N) is 1. The number of carbonyl (C=O) groups is 1. The molecule has 1 atom stereocenters. The van der Waals surface area contributed by atoms with Gasteiger partial charge in [0.2, 0.25) is 0 Å². The highest BCUT2D eigenvalue weighted by atomic mass is 32.1. The second-order valence-electron chi connectivity index (χ2n) is 5.29. The van der Waals surface area contributed by atoms with Crippen molar-refractivity contribution in [2.75, 3.05) is 18.9 Å². The SMILES string of the molecule is CC(CN)N(C)C(=O)c1cc2sc(Nc3ccccc3)nc2s1. The van der Waals surface area contributed by atoms with Crippen LogP contribution in [-0.2, 0) is 0 Å². The fraction of sp³-hybridized carbons (Fsp3) is 0.250. The van der Waals surface area contributed by atoms with Crippen molar-refractivity contribution in [1.82, 2.24) is 9.88 Å². The summed E-state index contributed by atoms with van der Waals surface area (Å²) in [7, 11) is 1.78. The Hall–Kier alpha value is -1.96. The number of nitrogens with zero attached hydrogens (tertiary/aromatic N) is 2. The number of thiophene rings is 1. The third-order valence-electron chi connectivity index (χ3n) is 3.65. The van der Waals surface area contributed by atoms with Crippen LogP contribution in [0.25, 0.3) is 9.53 Å². The molecular weight excluding hydrogens is 328 g/mol. The summed E-state index contributed by atoms with van der Waals surface area (Å²) in [5.74, 6) is -0.00396. The topological polar surface area (TPSA) is 71.2 Å². The van der Waals surface area contributed by atoms with Crippen LogP contribution in [0.5, 0.6) is 0 Å². The molecule has 1 amide bonds. The van der Waals surface area contributed by atoms with Crippen molar-refractivity contribution in [3.8, 4) is 0 Å². The molecule has 7 heteroatoms. The van der Waals surface area contributed by atoms with Crippen LogP contribution < -0.4 is 11.1 Å². The third kappa shape index (κ3) is 3.36. The molecule has 1 unspecified atom stereocenters. The van der Waals surface area contributed by atoms with Gasteiger partial charge in [0.1, 0.15) is 4.83 Å². The Balaban J connectivity index is 1.79. The maximum Gasteiger partial charge on any atom is 0.264 e. The van der Waals surface area contributed by atoms with Crippen molar-refractivity contribution >= 4 is 48.9 Å². The van der Waals surface area contributed by atoms with E-state index in [9.17, 15) is 4.79 Å². The molecule has 3 N–H and O–H groups in total. The molecule has 0 radical (unpaired) electrons. The molecule has 0 bridgehead atoms. The van der Waals surface area contributed by atoms with E-state index in [1.807, 2.05) is 43.3 Å². The predicted octanol–water partition coefficient (Wildman–Crippen LogP) is 3.52. The number of thiazole rings is 1. The second kappa shape index (κ2) is 6.66. The van der Waals surface area contributed by atoms with Gasteiger partial charge in [-0.1, -0.05) is 29.5 Å². The van der Waals surface area contributed by atoms with E-state index in [0.717, 1.165) is 20.3 Å². The van der Waals surface area contributed by atoms with Crippen molar-refractivity contribution in [3.63, 3.8) is 0 Å². The van der Waals surface area contributed by atoms with Crippen molar-refractivity contribution in [2.24, 2.45) is 5.73 Å². The highest BCUT2D eigenvalue weighted by Gasteiger charge is 2.20. The van der Waals surface area contributed by atoms with Crippen LogP contribution in [0.1, 0.15) is 16.6 Å². The van der Waals surface area contributed by atoms with Gasteiger partial charge in [-0.15, -0.1) is 11.3 Å². The fourth-order valence-corrected chi connectivity index (χ4v) is 4.19. The first-order valence-electron chi connectivity index (χ1n) is 7.28. The number of para-hydroxylation sites is 1. The number of benzene rings is 1. The average molecular weight is 346 g/mol. The van der Waals surface area contributed by atoms with Gasteiger partial charge >= 0.3 is 0 Å². The van der Waals surface area contributed by atoms with E-state index >= 15 is 0 Å². The van der Waals surface area contributed by atoms with Crippen molar-refractivity contribution in [1.29, 1.82) is 0 Å². The van der Waals surface area contributed by atoms with Gasteiger partial charge in [0, 0.05) is 25.3 Å². The molecule has 0 aliphatic rings. The maximum absolute atomic E-state index is 12.4. The first kappa shape index (κ1) is 15.9. The Morgan fingerprint density at radius 2 is 2.09 bits per heavy atom. The molecule has 3 rings (SSSR count). The summed E-state index contributed by atoms with van der Waals surface area (Å²) in [4.78, 5) is 20.3. The summed E-state index contributed by atoms with van der Waals surface area (Å²) in [6, 6.07) is 11.8. The lowest BCUT2D eigenvalue weighted by Gasteiger charge is -2.22. The quantitative estimate of drug-likeness (QED) is 0.741. The number of hydrogen-bond acceptors (Lipinski definition) is 6. The molecule has 23 heavy (non-hydrogen) atoms. The molecule has 3 aromatic rings. The maximum atomic E-state index is 12.4. The Morgan fingerprint density at radius 3 is 2.74 bits per heavy atom. The normalized spacial score (nSPS) is 12.3. The van der Waals surface area contributed by atoms with Gasteiger partial charge in [0.15, 0.2) is 5.13 Å². The van der Waals surface area contributed by atoms with Crippen molar-refractivity contribution in [2.45, 2.75) is 13.0 Å². The minimum Gasteiger partial charge on any atom is -0.337 e. The predicted molar refractivity (Wildman–Crippen MR) is 97.8 cm³/mol. The van der Waals surface area contributed by atoms with Crippen LogP contribution >= 0.6 is 22.7 Å². The van der Waals surface area contributed by atoms with Crippen LogP contribution in [0.2, 0.25) is 0 Å². The van der Waals surface area contributed by atoms with Gasteiger partial charge in [-0.25, -0.2) is 4.98 Å². The molecular formula is C16H18N4OS2. The molecule has 2 aromatic heterocycles. The molecule has 5 nitrogen and oxygen atoms in total. The molecule has 0 spiro atoms. The largest absolute Gasteiger partial charge is 0.337 e. The summed E-state index contributed by atoms with van der Waals surface area (Å²) in [6.45, 7) is 2.39. The zero-order valence-electron chi connectivity index (χ0n) is 12.9. The number of rotatable bonds is 5. The number of nitrogens with one attached hydrogen (secondary N) is 1. The van der Waals surface area contributed by atoms with E-state index in [4.69, 9.17) is 5.73 Å². The lowest BCUT2D eigenvalue weighted by atomic mass is 10.3. The molecule has 1 aromatic carbocycles. The Bertz CT molecular complexity index is 780. The van der Waals surface area contributed by atoms with Gasteiger partial charge in [-0.05, 0) is 25.1 Å². The molecule has 0 saturated carbocycles. The number of likely N-dealkylation sites (N-methyl/N-ethyl adjacent to an activating group) is 1. The number of hydrogen-bond donors (Lipinski definition) is 2. The zero-order valence-corrected chi connectivity index (χ0v) is 14.6. The molecule has 2 heterocycles. The lowest BCUT2D eigenvalue weighted by molar-refractivity contribution is 0.0753. The summed E-state index contributed by atoms with van der Waals surface area (Å²) in [6.07, 6.45) is 0. The number of aromatic nitrogens is 1. The molecule has 120 valence electrons. The van der Waals surface area contributed by atoms with Crippen LogP contribution in [0, 0.1) is 0 Å². The third-order valence-corrected chi connectivity index (χ3v) is 5.71. The number of amides is 1. The van der Waals surface area contributed by atoms with E-state index in [0.29, 0.717) is 11.4 Å². The van der Waals surface area contributed by atoms with E-state index < -0.39 is 0 Å². The lowest BCUT2D eigenvalue weighted by Crippen LogP contribution is -2.39. The van der Waals surface area contributed by atoms with Gasteiger partial charge in [0.05, 0.1) is 9.58 Å². The summed E-state index contributed by atoms with van der Waals surface area (Å²) in [5.41, 5.74) is 6.63. The van der Waals surface area contributed by atoms with Crippen LogP contribution in [0.4, 0.5) is 10.8 Å². The number of carbonyl (C=O) groups excluding carboxylic acids is 1. The number of fused-ring (bicyclic) bond motifs is 1. The van der Waals surface area contributed by atoms with Crippen molar-refractivity contribution in [3.05, 3.63) is 41.3 Å². The highest BCUT2D eigenvalue weighted by Crippen LogP contribution is 2.34. The smallest absolute Gasteiger partial charge is 0.264 e.